The molecule has 1 amide bonds. The number of anilines is 1. The van der Waals surface area contributed by atoms with Crippen molar-refractivity contribution in [3.8, 4) is 0 Å². The van der Waals surface area contributed by atoms with Crippen LogP contribution >= 0.6 is 0 Å². The van der Waals surface area contributed by atoms with Gasteiger partial charge in [0.15, 0.2) is 0 Å². The van der Waals surface area contributed by atoms with Crippen molar-refractivity contribution in [1.82, 2.24) is 0 Å². The number of nitrogens with one attached hydrogen (secondary N) is 1. The molecule has 2 aromatic carbocycles. The third-order valence-corrected chi connectivity index (χ3v) is 3.55. The van der Waals surface area contributed by atoms with Crippen molar-refractivity contribution in [2.45, 2.75) is 6.92 Å². The standard InChI is InChI=1S/C20H17NO2/c1-15-8-5-6-12-19(15)21-20(22)18(14-17-11-7-13-23-17)16-9-3-2-4-10-16/h2-14H,1H3,(H,21,22). The summed E-state index contributed by atoms with van der Waals surface area (Å²) in [6.07, 6.45) is 3.34. The molecule has 0 atom stereocenters. The van der Waals surface area contributed by atoms with Gasteiger partial charge in [-0.2, -0.15) is 0 Å². The summed E-state index contributed by atoms with van der Waals surface area (Å²) in [6.45, 7) is 1.97. The summed E-state index contributed by atoms with van der Waals surface area (Å²) in [7, 11) is 0. The van der Waals surface area contributed by atoms with E-state index in [1.807, 2.05) is 67.6 Å². The summed E-state index contributed by atoms with van der Waals surface area (Å²) in [5.41, 5.74) is 3.23. The zero-order valence-electron chi connectivity index (χ0n) is 12.8. The summed E-state index contributed by atoms with van der Waals surface area (Å²) in [5.74, 6) is 0.477. The summed E-state index contributed by atoms with van der Waals surface area (Å²) >= 11 is 0. The van der Waals surface area contributed by atoms with E-state index in [0.29, 0.717) is 11.3 Å². The van der Waals surface area contributed by atoms with Gasteiger partial charge >= 0.3 is 0 Å². The van der Waals surface area contributed by atoms with Crippen molar-refractivity contribution in [3.63, 3.8) is 0 Å². The Balaban J connectivity index is 1.96. The van der Waals surface area contributed by atoms with E-state index in [2.05, 4.69) is 5.32 Å². The Morgan fingerprint density at radius 1 is 0.957 bits per heavy atom. The van der Waals surface area contributed by atoms with Crippen LogP contribution in [0, 0.1) is 6.92 Å². The van der Waals surface area contributed by atoms with Gasteiger partial charge in [0.1, 0.15) is 5.76 Å². The van der Waals surface area contributed by atoms with Crippen LogP contribution in [0.2, 0.25) is 0 Å². The van der Waals surface area contributed by atoms with Gasteiger partial charge in [-0.25, -0.2) is 0 Å². The van der Waals surface area contributed by atoms with Crippen LogP contribution in [0.3, 0.4) is 0 Å². The van der Waals surface area contributed by atoms with E-state index in [4.69, 9.17) is 4.42 Å². The van der Waals surface area contributed by atoms with Crippen LogP contribution < -0.4 is 5.32 Å². The number of benzene rings is 2. The topological polar surface area (TPSA) is 42.2 Å². The van der Waals surface area contributed by atoms with Crippen LogP contribution in [-0.4, -0.2) is 5.91 Å². The number of hydrogen-bond donors (Lipinski definition) is 1. The minimum Gasteiger partial charge on any atom is -0.465 e. The highest BCUT2D eigenvalue weighted by molar-refractivity contribution is 6.29. The van der Waals surface area contributed by atoms with Gasteiger partial charge in [0.05, 0.1) is 11.8 Å². The van der Waals surface area contributed by atoms with Gasteiger partial charge in [0.25, 0.3) is 5.91 Å². The van der Waals surface area contributed by atoms with Gasteiger partial charge in [0.2, 0.25) is 0 Å². The first kappa shape index (κ1) is 14.9. The molecule has 0 aliphatic carbocycles. The van der Waals surface area contributed by atoms with Crippen LogP contribution in [0.25, 0.3) is 11.6 Å². The van der Waals surface area contributed by atoms with E-state index in [0.717, 1.165) is 16.8 Å². The van der Waals surface area contributed by atoms with Crippen LogP contribution in [0.4, 0.5) is 5.69 Å². The third-order valence-electron chi connectivity index (χ3n) is 3.55. The van der Waals surface area contributed by atoms with Crippen molar-refractivity contribution < 1.29 is 9.21 Å². The van der Waals surface area contributed by atoms with E-state index in [-0.39, 0.29) is 5.91 Å². The minimum absolute atomic E-state index is 0.165. The summed E-state index contributed by atoms with van der Waals surface area (Å²) < 4.78 is 5.35. The van der Waals surface area contributed by atoms with Gasteiger partial charge in [-0.1, -0.05) is 48.5 Å². The van der Waals surface area contributed by atoms with Crippen molar-refractivity contribution >= 4 is 23.2 Å². The fourth-order valence-electron chi connectivity index (χ4n) is 2.32. The Kier molecular flexibility index (Phi) is 4.39. The second kappa shape index (κ2) is 6.79. The lowest BCUT2D eigenvalue weighted by Gasteiger charge is -2.11. The maximum absolute atomic E-state index is 12.8. The highest BCUT2D eigenvalue weighted by Crippen LogP contribution is 2.22. The normalized spacial score (nSPS) is 11.3. The van der Waals surface area contributed by atoms with E-state index in [9.17, 15) is 4.79 Å². The molecule has 114 valence electrons. The van der Waals surface area contributed by atoms with Crippen LogP contribution in [0.1, 0.15) is 16.9 Å². The first-order valence-electron chi connectivity index (χ1n) is 7.41. The Labute approximate surface area is 135 Å². The molecule has 1 heterocycles. The van der Waals surface area contributed by atoms with Crippen molar-refractivity contribution in [2.75, 3.05) is 5.32 Å². The predicted octanol–water partition coefficient (Wildman–Crippen LogP) is 4.77. The zero-order chi connectivity index (χ0) is 16.1. The van der Waals surface area contributed by atoms with Gasteiger partial charge in [-0.3, -0.25) is 4.79 Å². The van der Waals surface area contributed by atoms with E-state index in [1.54, 1.807) is 18.4 Å². The average Bonchev–Trinajstić information content (AvgIpc) is 3.09. The maximum atomic E-state index is 12.8. The lowest BCUT2D eigenvalue weighted by atomic mass is 10.0. The molecule has 0 saturated heterocycles. The Morgan fingerprint density at radius 2 is 1.70 bits per heavy atom. The molecule has 1 N–H and O–H groups in total. The molecule has 23 heavy (non-hydrogen) atoms. The quantitative estimate of drug-likeness (QED) is 0.706. The Morgan fingerprint density at radius 3 is 2.39 bits per heavy atom. The molecule has 1 aromatic heterocycles. The van der Waals surface area contributed by atoms with Gasteiger partial charge in [-0.15, -0.1) is 0 Å². The molecule has 0 aliphatic rings. The predicted molar refractivity (Wildman–Crippen MR) is 92.8 cm³/mol. The van der Waals surface area contributed by atoms with Crippen molar-refractivity contribution in [1.29, 1.82) is 0 Å². The number of aryl methyl sites for hydroxylation is 1. The number of rotatable bonds is 4. The summed E-state index contributed by atoms with van der Waals surface area (Å²) in [5, 5.41) is 2.97. The number of para-hydroxylation sites is 1. The number of carbonyl (C=O) groups excluding carboxylic acids is 1. The SMILES string of the molecule is Cc1ccccc1NC(=O)C(=Cc1ccco1)c1ccccc1. The van der Waals surface area contributed by atoms with Crippen LogP contribution in [-0.2, 0) is 4.79 Å². The second-order valence-electron chi connectivity index (χ2n) is 5.21. The van der Waals surface area contributed by atoms with Crippen LogP contribution in [0.5, 0.6) is 0 Å². The summed E-state index contributed by atoms with van der Waals surface area (Å²) in [6, 6.07) is 20.9. The molecule has 3 heteroatoms. The fourth-order valence-corrected chi connectivity index (χ4v) is 2.32. The number of amides is 1. The number of carbonyl (C=O) groups is 1. The van der Waals surface area contributed by atoms with E-state index < -0.39 is 0 Å². The maximum Gasteiger partial charge on any atom is 0.256 e. The van der Waals surface area contributed by atoms with Gasteiger partial charge in [0, 0.05) is 5.69 Å². The molecule has 0 fully saturated rings. The molecule has 0 saturated carbocycles. The van der Waals surface area contributed by atoms with E-state index >= 15 is 0 Å². The third kappa shape index (κ3) is 3.58. The molecule has 0 bridgehead atoms. The molecule has 3 aromatic rings. The second-order valence-corrected chi connectivity index (χ2v) is 5.21. The summed E-state index contributed by atoms with van der Waals surface area (Å²) in [4.78, 5) is 12.8. The lowest BCUT2D eigenvalue weighted by Crippen LogP contribution is -2.14. The molecule has 3 nitrogen and oxygen atoms in total. The number of furan rings is 1. The smallest absolute Gasteiger partial charge is 0.256 e. The fraction of sp³-hybridized carbons (Fsp3) is 0.0500. The Bertz CT molecular complexity index is 818. The van der Waals surface area contributed by atoms with Crippen LogP contribution in [0.15, 0.2) is 77.4 Å². The Hall–Kier alpha value is -3.07. The molecular weight excluding hydrogens is 286 g/mol. The molecule has 0 aliphatic heterocycles. The molecule has 0 unspecified atom stereocenters. The highest BCUT2D eigenvalue weighted by Gasteiger charge is 2.13. The number of hydrogen-bond acceptors (Lipinski definition) is 2. The molecular formula is C20H17NO2. The van der Waals surface area contributed by atoms with Crippen molar-refractivity contribution in [2.24, 2.45) is 0 Å². The molecule has 0 radical (unpaired) electrons. The van der Waals surface area contributed by atoms with E-state index in [1.165, 1.54) is 0 Å². The first-order valence-corrected chi connectivity index (χ1v) is 7.41. The molecule has 0 spiro atoms. The monoisotopic (exact) mass is 303 g/mol. The molecule has 3 rings (SSSR count). The first-order chi connectivity index (χ1) is 11.2. The lowest BCUT2D eigenvalue weighted by molar-refractivity contribution is -0.111. The highest BCUT2D eigenvalue weighted by atomic mass is 16.3. The van der Waals surface area contributed by atoms with Gasteiger partial charge < -0.3 is 9.73 Å². The van der Waals surface area contributed by atoms with Crippen molar-refractivity contribution in [3.05, 3.63) is 89.9 Å². The zero-order valence-corrected chi connectivity index (χ0v) is 12.8. The largest absolute Gasteiger partial charge is 0.465 e. The average molecular weight is 303 g/mol. The van der Waals surface area contributed by atoms with Gasteiger partial charge in [-0.05, 0) is 42.3 Å². The minimum atomic E-state index is -0.165.